The minimum atomic E-state index is 0.663. The van der Waals surface area contributed by atoms with Crippen LogP contribution in [0, 0.1) is 0 Å². The first-order chi connectivity index (χ1) is 8.81. The lowest BCUT2D eigenvalue weighted by Crippen LogP contribution is -2.09. The van der Waals surface area contributed by atoms with E-state index in [0.29, 0.717) is 5.65 Å². The first-order valence-electron chi connectivity index (χ1n) is 5.74. The zero-order valence-corrected chi connectivity index (χ0v) is 9.96. The third-order valence-corrected chi connectivity index (χ3v) is 2.57. The molecule has 5 heteroatoms. The van der Waals surface area contributed by atoms with Gasteiger partial charge in [-0.05, 0) is 24.3 Å². The second kappa shape index (κ2) is 4.45. The lowest BCUT2D eigenvalue weighted by Gasteiger charge is -2.05. The van der Waals surface area contributed by atoms with Crippen LogP contribution >= 0.6 is 0 Å². The second-order valence-corrected chi connectivity index (χ2v) is 4.04. The highest BCUT2D eigenvalue weighted by atomic mass is 15.0. The molecule has 0 fully saturated rings. The summed E-state index contributed by atoms with van der Waals surface area (Å²) in [6, 6.07) is 13.7. The molecule has 0 bridgehead atoms. The van der Waals surface area contributed by atoms with E-state index in [-0.39, 0.29) is 0 Å². The highest BCUT2D eigenvalue weighted by Crippen LogP contribution is 2.15. The van der Waals surface area contributed by atoms with Gasteiger partial charge in [-0.3, -0.25) is 4.98 Å². The van der Waals surface area contributed by atoms with Crippen molar-refractivity contribution in [2.75, 3.05) is 5.32 Å². The van der Waals surface area contributed by atoms with Crippen molar-refractivity contribution in [3.05, 3.63) is 48.7 Å². The van der Waals surface area contributed by atoms with Gasteiger partial charge in [0.05, 0.1) is 0 Å². The second-order valence-electron chi connectivity index (χ2n) is 4.04. The van der Waals surface area contributed by atoms with Crippen LogP contribution in [0.5, 0.6) is 0 Å². The van der Waals surface area contributed by atoms with Gasteiger partial charge in [0, 0.05) is 17.5 Å². The Labute approximate surface area is 106 Å². The molecule has 0 atom stereocenters. The molecule has 3 rings (SSSR count). The van der Waals surface area contributed by atoms with Crippen molar-refractivity contribution in [3.8, 4) is 0 Å². The molecule has 0 saturated carbocycles. The van der Waals surface area contributed by atoms with Gasteiger partial charge < -0.3 is 5.32 Å². The molecule has 1 N–H and O–H groups in total. The number of pyridine rings is 1. The summed E-state index contributed by atoms with van der Waals surface area (Å²) in [4.78, 5) is 13.1. The average molecular weight is 234 g/mol. The van der Waals surface area contributed by atoms with Crippen molar-refractivity contribution in [2.24, 2.45) is 0 Å². The van der Waals surface area contributed by atoms with Crippen molar-refractivity contribution in [1.29, 1.82) is 0 Å². The molecule has 1 aromatic carbocycles. The molecule has 0 radical (unpaired) electrons. The number of benzene rings is 1. The number of para-hydroxylation sites is 1. The number of hydrogen-bond acceptors (Lipinski definition) is 4. The zero-order chi connectivity index (χ0) is 12.4. The van der Waals surface area contributed by atoms with E-state index in [1.165, 1.54) is 0 Å². The largest absolute Gasteiger partial charge is 0.340 e. The molecule has 0 aliphatic heterocycles. The number of rotatable bonds is 2. The third kappa shape index (κ3) is 2.15. The van der Waals surface area contributed by atoms with Gasteiger partial charge in [0.2, 0.25) is 0 Å². The van der Waals surface area contributed by atoms with E-state index in [0.717, 1.165) is 22.6 Å². The molecule has 0 saturated heterocycles. The minimum absolute atomic E-state index is 0.663. The molecule has 18 heavy (non-hydrogen) atoms. The molecule has 86 valence electrons. The van der Waals surface area contributed by atoms with E-state index in [1.807, 2.05) is 50.3 Å². The molecule has 2 heterocycles. The quantitative estimate of drug-likeness (QED) is 0.672. The van der Waals surface area contributed by atoms with E-state index in [1.54, 1.807) is 6.20 Å². The first-order valence-corrected chi connectivity index (χ1v) is 5.74. The molecule has 0 amide bonds. The molecule has 3 aromatic rings. The summed E-state index contributed by atoms with van der Waals surface area (Å²) in [7, 11) is 1.91. The summed E-state index contributed by atoms with van der Waals surface area (Å²) >= 11 is 0. The molecular formula is C13H11BN4. The lowest BCUT2D eigenvalue weighted by molar-refractivity contribution is 1.25. The molecule has 0 spiro atoms. The minimum Gasteiger partial charge on any atom is -0.340 e. The van der Waals surface area contributed by atoms with E-state index >= 15 is 0 Å². The maximum Gasteiger partial charge on any atom is 0.179 e. The Morgan fingerprint density at radius 2 is 1.78 bits per heavy atom. The molecular weight excluding hydrogens is 223 g/mol. The van der Waals surface area contributed by atoms with Crippen LogP contribution in [0.25, 0.3) is 11.2 Å². The van der Waals surface area contributed by atoms with Crippen molar-refractivity contribution >= 4 is 36.1 Å². The summed E-state index contributed by atoms with van der Waals surface area (Å²) in [6.45, 7) is 0. The van der Waals surface area contributed by atoms with Crippen LogP contribution < -0.4 is 10.9 Å². The molecule has 0 aliphatic rings. The fourth-order valence-corrected chi connectivity index (χ4v) is 1.72. The number of hydrogen-bond donors (Lipinski definition) is 1. The molecule has 0 unspecified atom stereocenters. The third-order valence-electron chi connectivity index (χ3n) is 2.57. The fraction of sp³-hybridized carbons (Fsp3) is 0. The smallest absolute Gasteiger partial charge is 0.179 e. The number of fused-ring (bicyclic) bond motifs is 1. The fourth-order valence-electron chi connectivity index (χ4n) is 1.72. The monoisotopic (exact) mass is 234 g/mol. The van der Waals surface area contributed by atoms with Gasteiger partial charge in [0.25, 0.3) is 0 Å². The lowest BCUT2D eigenvalue weighted by atomic mass is 10.1. The Balaban J connectivity index is 1.98. The van der Waals surface area contributed by atoms with Gasteiger partial charge in [-0.15, -0.1) is 0 Å². The van der Waals surface area contributed by atoms with Crippen LogP contribution in [-0.4, -0.2) is 22.8 Å². The summed E-state index contributed by atoms with van der Waals surface area (Å²) in [5, 5.41) is 3.24. The SMILES string of the molecule is Bc1cnc2ccc(Nc3ccccc3)nc2n1. The van der Waals surface area contributed by atoms with E-state index < -0.39 is 0 Å². The Bertz CT molecular complexity index is 685. The normalized spacial score (nSPS) is 10.4. The summed E-state index contributed by atoms with van der Waals surface area (Å²) in [5.41, 5.74) is 3.34. The van der Waals surface area contributed by atoms with Gasteiger partial charge >= 0.3 is 0 Å². The first kappa shape index (κ1) is 10.7. The van der Waals surface area contributed by atoms with Crippen LogP contribution in [0.3, 0.4) is 0 Å². The van der Waals surface area contributed by atoms with E-state index in [4.69, 9.17) is 0 Å². The van der Waals surface area contributed by atoms with Crippen molar-refractivity contribution in [1.82, 2.24) is 15.0 Å². The van der Waals surface area contributed by atoms with Crippen molar-refractivity contribution in [2.45, 2.75) is 0 Å². The molecule has 4 nitrogen and oxygen atoms in total. The highest BCUT2D eigenvalue weighted by Gasteiger charge is 2.01. The average Bonchev–Trinajstić information content (AvgIpc) is 2.39. The van der Waals surface area contributed by atoms with Crippen LogP contribution in [0.4, 0.5) is 11.5 Å². The zero-order valence-electron chi connectivity index (χ0n) is 9.96. The van der Waals surface area contributed by atoms with E-state index in [2.05, 4.69) is 20.3 Å². The molecule has 2 aromatic heterocycles. The maximum atomic E-state index is 4.45. The van der Waals surface area contributed by atoms with Crippen LogP contribution in [0.2, 0.25) is 0 Å². The predicted molar refractivity (Wildman–Crippen MR) is 75.2 cm³/mol. The van der Waals surface area contributed by atoms with Gasteiger partial charge in [-0.25, -0.2) is 9.97 Å². The topological polar surface area (TPSA) is 50.7 Å². The van der Waals surface area contributed by atoms with Gasteiger partial charge in [0.1, 0.15) is 11.3 Å². The Morgan fingerprint density at radius 3 is 2.61 bits per heavy atom. The Hall–Kier alpha value is -2.43. The predicted octanol–water partition coefficient (Wildman–Crippen LogP) is 1.03. The number of nitrogens with one attached hydrogen (secondary N) is 1. The van der Waals surface area contributed by atoms with Gasteiger partial charge in [-0.1, -0.05) is 18.2 Å². The van der Waals surface area contributed by atoms with Crippen molar-refractivity contribution in [3.63, 3.8) is 0 Å². The number of nitrogens with zero attached hydrogens (tertiary/aromatic N) is 3. The highest BCUT2D eigenvalue weighted by molar-refractivity contribution is 6.30. The summed E-state index contributed by atoms with van der Waals surface area (Å²) in [6.07, 6.45) is 1.74. The van der Waals surface area contributed by atoms with Gasteiger partial charge in [0.15, 0.2) is 13.5 Å². The van der Waals surface area contributed by atoms with Crippen LogP contribution in [0.15, 0.2) is 48.7 Å². The Morgan fingerprint density at radius 1 is 0.944 bits per heavy atom. The summed E-state index contributed by atoms with van der Waals surface area (Å²) < 4.78 is 0. The maximum absolute atomic E-state index is 4.45. The van der Waals surface area contributed by atoms with Crippen LogP contribution in [-0.2, 0) is 0 Å². The summed E-state index contributed by atoms with van der Waals surface area (Å²) in [5.74, 6) is 0.772. The van der Waals surface area contributed by atoms with Crippen molar-refractivity contribution < 1.29 is 0 Å². The standard InChI is InChI=1S/C13H11BN4/c14-11-8-15-10-6-7-12(18-13(10)17-11)16-9-4-2-1-3-5-9/h1-8H,14H2,(H,16,17,18). The van der Waals surface area contributed by atoms with E-state index in [9.17, 15) is 0 Å². The number of aromatic nitrogens is 3. The Kier molecular flexibility index (Phi) is 2.65. The van der Waals surface area contributed by atoms with Gasteiger partial charge in [-0.2, -0.15) is 0 Å². The number of anilines is 2. The van der Waals surface area contributed by atoms with Crippen LogP contribution in [0.1, 0.15) is 0 Å². The molecule has 0 aliphatic carbocycles.